The predicted molar refractivity (Wildman–Crippen MR) is 91.0 cm³/mol. The summed E-state index contributed by atoms with van der Waals surface area (Å²) in [4.78, 5) is 20.7. The van der Waals surface area contributed by atoms with E-state index in [2.05, 4.69) is 40.9 Å². The molecule has 1 amide bonds. The van der Waals surface area contributed by atoms with Gasteiger partial charge in [0.2, 0.25) is 5.91 Å². The summed E-state index contributed by atoms with van der Waals surface area (Å²) in [7, 11) is 1.86. The summed E-state index contributed by atoms with van der Waals surface area (Å²) in [6, 6.07) is 0.371. The summed E-state index contributed by atoms with van der Waals surface area (Å²) in [5.74, 6) is 1.34. The van der Waals surface area contributed by atoms with Gasteiger partial charge in [0.05, 0.1) is 0 Å². The maximum absolute atomic E-state index is 11.9. The van der Waals surface area contributed by atoms with Crippen LogP contribution in [-0.2, 0) is 4.79 Å². The minimum atomic E-state index is 0.331. The molecule has 0 spiro atoms. The Morgan fingerprint density at radius 1 is 1.41 bits per heavy atom. The molecule has 2 rings (SSSR count). The molecule has 5 nitrogen and oxygen atoms in total. The molecule has 1 N–H and O–H groups in total. The van der Waals surface area contributed by atoms with Crippen molar-refractivity contribution in [2.24, 2.45) is 10.4 Å². The van der Waals surface area contributed by atoms with Gasteiger partial charge in [-0.2, -0.15) is 0 Å². The second kappa shape index (κ2) is 7.34. The normalized spacial score (nSPS) is 23.3. The smallest absolute Gasteiger partial charge is 0.222 e. The molecule has 2 aliphatic heterocycles. The Bertz CT molecular complexity index is 419. The number of hydrogen-bond acceptors (Lipinski definition) is 2. The van der Waals surface area contributed by atoms with Crippen LogP contribution in [0.3, 0.4) is 0 Å². The van der Waals surface area contributed by atoms with Crippen LogP contribution in [0.4, 0.5) is 0 Å². The van der Waals surface area contributed by atoms with Crippen LogP contribution < -0.4 is 5.32 Å². The van der Waals surface area contributed by atoms with E-state index in [4.69, 9.17) is 0 Å². The highest BCUT2D eigenvalue weighted by Gasteiger charge is 2.31. The van der Waals surface area contributed by atoms with Crippen LogP contribution in [0, 0.1) is 5.41 Å². The predicted octanol–water partition coefficient (Wildman–Crippen LogP) is 2.08. The van der Waals surface area contributed by atoms with Gasteiger partial charge >= 0.3 is 0 Å². The largest absolute Gasteiger partial charge is 0.356 e. The second-order valence-corrected chi connectivity index (χ2v) is 7.35. The van der Waals surface area contributed by atoms with E-state index in [0.29, 0.717) is 17.4 Å². The molecule has 2 aliphatic rings. The first-order valence-corrected chi connectivity index (χ1v) is 8.72. The Labute approximate surface area is 135 Å². The molecule has 0 radical (unpaired) electrons. The lowest BCUT2D eigenvalue weighted by Crippen LogP contribution is -2.43. The van der Waals surface area contributed by atoms with Crippen molar-refractivity contribution in [1.29, 1.82) is 0 Å². The minimum absolute atomic E-state index is 0.331. The molecule has 22 heavy (non-hydrogen) atoms. The van der Waals surface area contributed by atoms with Gasteiger partial charge in [0, 0.05) is 45.7 Å². The maximum Gasteiger partial charge on any atom is 0.222 e. The highest BCUT2D eigenvalue weighted by Crippen LogP contribution is 2.28. The summed E-state index contributed by atoms with van der Waals surface area (Å²) in [5, 5.41) is 3.49. The molecule has 0 saturated carbocycles. The number of rotatable bonds is 5. The second-order valence-electron chi connectivity index (χ2n) is 7.35. The first-order chi connectivity index (χ1) is 10.5. The highest BCUT2D eigenvalue weighted by molar-refractivity contribution is 5.80. The van der Waals surface area contributed by atoms with Crippen molar-refractivity contribution < 1.29 is 4.79 Å². The van der Waals surface area contributed by atoms with Gasteiger partial charge in [-0.25, -0.2) is 0 Å². The number of carbonyl (C=O) groups is 1. The van der Waals surface area contributed by atoms with E-state index in [-0.39, 0.29) is 0 Å². The molecule has 0 aromatic carbocycles. The third-order valence-electron chi connectivity index (χ3n) is 4.97. The average Bonchev–Trinajstić information content (AvgIpc) is 3.05. The van der Waals surface area contributed by atoms with E-state index < -0.39 is 0 Å². The van der Waals surface area contributed by atoms with Crippen LogP contribution in [0.2, 0.25) is 0 Å². The fourth-order valence-corrected chi connectivity index (χ4v) is 3.61. The molecule has 0 bridgehead atoms. The van der Waals surface area contributed by atoms with E-state index >= 15 is 0 Å². The average molecular weight is 308 g/mol. The summed E-state index contributed by atoms with van der Waals surface area (Å²) >= 11 is 0. The van der Waals surface area contributed by atoms with Crippen LogP contribution in [0.5, 0.6) is 0 Å². The van der Waals surface area contributed by atoms with Crippen LogP contribution in [0.25, 0.3) is 0 Å². The molecule has 0 aromatic rings. The van der Waals surface area contributed by atoms with Crippen molar-refractivity contribution in [2.45, 2.75) is 58.9 Å². The monoisotopic (exact) mass is 308 g/mol. The van der Waals surface area contributed by atoms with Crippen molar-refractivity contribution >= 4 is 11.9 Å². The van der Waals surface area contributed by atoms with Crippen molar-refractivity contribution in [3.8, 4) is 0 Å². The Kier molecular flexibility index (Phi) is 5.70. The molecule has 126 valence electrons. The van der Waals surface area contributed by atoms with Gasteiger partial charge in [-0.15, -0.1) is 0 Å². The van der Waals surface area contributed by atoms with Gasteiger partial charge < -0.3 is 15.1 Å². The molecule has 2 fully saturated rings. The van der Waals surface area contributed by atoms with E-state index in [1.807, 2.05) is 7.05 Å². The zero-order chi connectivity index (χ0) is 16.2. The number of guanidine groups is 1. The van der Waals surface area contributed by atoms with Gasteiger partial charge in [-0.3, -0.25) is 9.79 Å². The standard InChI is InChI=1S/C17H32N4O/c1-5-14(21-11-6-7-15(21)22)8-10-19-16(18-4)20-12-9-17(2,3)13-20/h14H,5-13H2,1-4H3,(H,18,19). The van der Waals surface area contributed by atoms with Crippen molar-refractivity contribution in [3.63, 3.8) is 0 Å². The minimum Gasteiger partial charge on any atom is -0.356 e. The van der Waals surface area contributed by atoms with Gasteiger partial charge in [0.1, 0.15) is 0 Å². The number of amides is 1. The lowest BCUT2D eigenvalue weighted by atomic mass is 9.93. The summed E-state index contributed by atoms with van der Waals surface area (Å²) in [5.41, 5.74) is 0.381. The van der Waals surface area contributed by atoms with Gasteiger partial charge in [-0.05, 0) is 31.1 Å². The Morgan fingerprint density at radius 3 is 2.68 bits per heavy atom. The zero-order valence-electron chi connectivity index (χ0n) is 14.7. The maximum atomic E-state index is 11.9. The molecule has 5 heteroatoms. The molecular formula is C17H32N4O. The molecule has 2 heterocycles. The molecule has 1 unspecified atom stereocenters. The van der Waals surface area contributed by atoms with Crippen molar-refractivity contribution in [2.75, 3.05) is 33.2 Å². The lowest BCUT2D eigenvalue weighted by Gasteiger charge is -2.28. The molecule has 2 saturated heterocycles. The quantitative estimate of drug-likeness (QED) is 0.625. The SMILES string of the molecule is CCC(CCNC(=NC)N1CCC(C)(C)C1)N1CCCC1=O. The highest BCUT2D eigenvalue weighted by atomic mass is 16.2. The summed E-state index contributed by atoms with van der Waals surface area (Å²) in [6.45, 7) is 10.8. The van der Waals surface area contributed by atoms with Crippen molar-refractivity contribution in [3.05, 3.63) is 0 Å². The molecule has 0 aromatic heterocycles. The molecule has 0 aliphatic carbocycles. The van der Waals surface area contributed by atoms with Crippen LogP contribution >= 0.6 is 0 Å². The van der Waals surface area contributed by atoms with Crippen molar-refractivity contribution in [1.82, 2.24) is 15.1 Å². The third-order valence-corrected chi connectivity index (χ3v) is 4.97. The molecule has 1 atom stereocenters. The van der Waals surface area contributed by atoms with Gasteiger partial charge in [0.25, 0.3) is 0 Å². The first-order valence-electron chi connectivity index (χ1n) is 8.72. The van der Waals surface area contributed by atoms with E-state index in [9.17, 15) is 4.79 Å². The van der Waals surface area contributed by atoms with Gasteiger partial charge in [0.15, 0.2) is 5.96 Å². The van der Waals surface area contributed by atoms with E-state index in [0.717, 1.165) is 57.8 Å². The number of carbonyl (C=O) groups excluding carboxylic acids is 1. The van der Waals surface area contributed by atoms with E-state index in [1.54, 1.807) is 0 Å². The number of nitrogens with one attached hydrogen (secondary N) is 1. The zero-order valence-corrected chi connectivity index (χ0v) is 14.7. The molecular weight excluding hydrogens is 276 g/mol. The summed E-state index contributed by atoms with van der Waals surface area (Å²) in [6.07, 6.45) is 5.00. The fraction of sp³-hybridized carbons (Fsp3) is 0.882. The topological polar surface area (TPSA) is 47.9 Å². The fourth-order valence-electron chi connectivity index (χ4n) is 3.61. The third kappa shape index (κ3) is 4.14. The number of aliphatic imine (C=N–C) groups is 1. The van der Waals surface area contributed by atoms with Crippen LogP contribution in [-0.4, -0.2) is 60.9 Å². The van der Waals surface area contributed by atoms with Gasteiger partial charge in [-0.1, -0.05) is 20.8 Å². The first kappa shape index (κ1) is 17.1. The lowest BCUT2D eigenvalue weighted by molar-refractivity contribution is -0.129. The Hall–Kier alpha value is -1.26. The Balaban J connectivity index is 1.80. The van der Waals surface area contributed by atoms with E-state index in [1.165, 1.54) is 6.42 Å². The Morgan fingerprint density at radius 2 is 2.18 bits per heavy atom. The van der Waals surface area contributed by atoms with Crippen LogP contribution in [0.1, 0.15) is 52.9 Å². The summed E-state index contributed by atoms with van der Waals surface area (Å²) < 4.78 is 0. The number of likely N-dealkylation sites (tertiary alicyclic amines) is 2. The number of nitrogens with zero attached hydrogens (tertiary/aromatic N) is 3. The number of hydrogen-bond donors (Lipinski definition) is 1. The van der Waals surface area contributed by atoms with Crippen LogP contribution in [0.15, 0.2) is 4.99 Å².